The summed E-state index contributed by atoms with van der Waals surface area (Å²) in [6.45, 7) is 4.36. The van der Waals surface area contributed by atoms with Crippen molar-refractivity contribution in [2.24, 2.45) is 0 Å². The first-order chi connectivity index (χ1) is 10.1. The van der Waals surface area contributed by atoms with Gasteiger partial charge in [0.25, 0.3) is 5.91 Å². The maximum Gasteiger partial charge on any atom is 0.257 e. The van der Waals surface area contributed by atoms with Gasteiger partial charge < -0.3 is 10.2 Å². The van der Waals surface area contributed by atoms with Crippen molar-refractivity contribution >= 4 is 17.5 Å². The molecule has 1 atom stereocenters. The largest absolute Gasteiger partial charge is 0.336 e. The third-order valence-corrected chi connectivity index (χ3v) is 3.79. The van der Waals surface area contributed by atoms with E-state index in [0.29, 0.717) is 16.6 Å². The molecular weight excluding hydrogens is 288 g/mol. The highest BCUT2D eigenvalue weighted by atomic mass is 35.5. The molecule has 1 saturated heterocycles. The van der Waals surface area contributed by atoms with Crippen LogP contribution in [-0.4, -0.2) is 46.3 Å². The molecule has 1 unspecified atom stereocenters. The number of hydrogen-bond acceptors (Lipinski definition) is 3. The lowest BCUT2D eigenvalue weighted by Gasteiger charge is -2.31. The molecule has 3 rings (SSSR count). The molecule has 6 heteroatoms. The number of amides is 1. The van der Waals surface area contributed by atoms with E-state index in [2.05, 4.69) is 17.3 Å². The molecule has 1 aliphatic heterocycles. The van der Waals surface area contributed by atoms with Gasteiger partial charge in [0.2, 0.25) is 0 Å². The minimum atomic E-state index is 0.0247. The molecule has 1 aromatic heterocycles. The van der Waals surface area contributed by atoms with Crippen LogP contribution in [0.2, 0.25) is 5.02 Å². The molecule has 1 N–H and O–H groups in total. The van der Waals surface area contributed by atoms with Gasteiger partial charge in [-0.25, -0.2) is 4.68 Å². The van der Waals surface area contributed by atoms with Crippen LogP contribution in [0.15, 0.2) is 36.7 Å². The number of hydrogen-bond donors (Lipinski definition) is 1. The average molecular weight is 305 g/mol. The predicted octanol–water partition coefficient (Wildman–Crippen LogP) is 1.96. The van der Waals surface area contributed by atoms with Gasteiger partial charge in [0.15, 0.2) is 0 Å². The first-order valence-electron chi connectivity index (χ1n) is 6.97. The Balaban J connectivity index is 1.80. The highest BCUT2D eigenvalue weighted by molar-refractivity contribution is 6.30. The van der Waals surface area contributed by atoms with Crippen LogP contribution >= 0.6 is 11.6 Å². The number of nitrogens with zero attached hydrogens (tertiary/aromatic N) is 3. The Hall–Kier alpha value is -1.85. The van der Waals surface area contributed by atoms with Crippen molar-refractivity contribution in [1.82, 2.24) is 20.0 Å². The summed E-state index contributed by atoms with van der Waals surface area (Å²) in [6, 6.07) is 7.71. The summed E-state index contributed by atoms with van der Waals surface area (Å²) >= 11 is 5.98. The van der Waals surface area contributed by atoms with Gasteiger partial charge >= 0.3 is 0 Å². The Labute approximate surface area is 128 Å². The number of halogens is 1. The van der Waals surface area contributed by atoms with Gasteiger partial charge in [-0.1, -0.05) is 17.7 Å². The van der Waals surface area contributed by atoms with Crippen molar-refractivity contribution in [3.63, 3.8) is 0 Å². The van der Waals surface area contributed by atoms with E-state index >= 15 is 0 Å². The van der Waals surface area contributed by atoms with Gasteiger partial charge in [-0.2, -0.15) is 5.10 Å². The zero-order valence-electron chi connectivity index (χ0n) is 11.8. The second kappa shape index (κ2) is 5.87. The zero-order chi connectivity index (χ0) is 14.8. The van der Waals surface area contributed by atoms with E-state index in [9.17, 15) is 4.79 Å². The van der Waals surface area contributed by atoms with Crippen LogP contribution in [0, 0.1) is 0 Å². The molecule has 2 aromatic rings. The maximum absolute atomic E-state index is 12.5. The predicted molar refractivity (Wildman–Crippen MR) is 81.9 cm³/mol. The first-order valence-corrected chi connectivity index (χ1v) is 7.34. The Bertz CT molecular complexity index is 655. The van der Waals surface area contributed by atoms with Gasteiger partial charge in [-0.05, 0) is 25.1 Å². The number of piperazine rings is 1. The van der Waals surface area contributed by atoms with Crippen LogP contribution in [0.4, 0.5) is 0 Å². The van der Waals surface area contributed by atoms with Crippen LogP contribution in [0.1, 0.15) is 17.3 Å². The van der Waals surface area contributed by atoms with Crippen molar-refractivity contribution in [1.29, 1.82) is 0 Å². The highest BCUT2D eigenvalue weighted by Gasteiger charge is 2.22. The molecule has 2 heterocycles. The van der Waals surface area contributed by atoms with Crippen LogP contribution in [0.5, 0.6) is 0 Å². The molecular formula is C15H17ClN4O. The average Bonchev–Trinajstić information content (AvgIpc) is 2.96. The minimum absolute atomic E-state index is 0.0247. The Morgan fingerprint density at radius 2 is 2.33 bits per heavy atom. The Morgan fingerprint density at radius 3 is 3.10 bits per heavy atom. The molecule has 0 saturated carbocycles. The van der Waals surface area contributed by atoms with Gasteiger partial charge in [-0.15, -0.1) is 0 Å². The Kier molecular flexibility index (Phi) is 3.94. The molecule has 0 aliphatic carbocycles. The zero-order valence-corrected chi connectivity index (χ0v) is 12.5. The number of carbonyl (C=O) groups excluding carboxylic acids is 1. The fraction of sp³-hybridized carbons (Fsp3) is 0.333. The monoisotopic (exact) mass is 304 g/mol. The number of carbonyl (C=O) groups is 1. The van der Waals surface area contributed by atoms with E-state index in [4.69, 9.17) is 11.6 Å². The van der Waals surface area contributed by atoms with Crippen LogP contribution in [-0.2, 0) is 0 Å². The van der Waals surface area contributed by atoms with Crippen molar-refractivity contribution in [2.45, 2.75) is 13.0 Å². The molecule has 1 aromatic carbocycles. The number of nitrogens with one attached hydrogen (secondary N) is 1. The lowest BCUT2D eigenvalue weighted by atomic mass is 10.2. The topological polar surface area (TPSA) is 50.2 Å². The summed E-state index contributed by atoms with van der Waals surface area (Å²) in [7, 11) is 0. The first kappa shape index (κ1) is 14.1. The molecule has 5 nitrogen and oxygen atoms in total. The second-order valence-corrected chi connectivity index (χ2v) is 5.70. The second-order valence-electron chi connectivity index (χ2n) is 5.26. The number of aromatic nitrogens is 2. The summed E-state index contributed by atoms with van der Waals surface area (Å²) in [5.74, 6) is 0.0247. The number of benzene rings is 1. The van der Waals surface area contributed by atoms with E-state index in [0.717, 1.165) is 25.3 Å². The van der Waals surface area contributed by atoms with E-state index in [1.807, 2.05) is 29.2 Å². The molecule has 0 spiro atoms. The van der Waals surface area contributed by atoms with Crippen molar-refractivity contribution in [3.8, 4) is 5.69 Å². The van der Waals surface area contributed by atoms with Gasteiger partial charge in [0.1, 0.15) is 0 Å². The SMILES string of the molecule is CC1CN(C(=O)c2cnn(-c3cccc(Cl)c3)c2)CCN1. The highest BCUT2D eigenvalue weighted by Crippen LogP contribution is 2.15. The molecule has 0 radical (unpaired) electrons. The fourth-order valence-electron chi connectivity index (χ4n) is 2.49. The third-order valence-electron chi connectivity index (χ3n) is 3.56. The van der Waals surface area contributed by atoms with Crippen molar-refractivity contribution in [3.05, 3.63) is 47.2 Å². The third kappa shape index (κ3) is 3.09. The molecule has 1 amide bonds. The lowest BCUT2D eigenvalue weighted by molar-refractivity contribution is 0.0709. The van der Waals surface area contributed by atoms with E-state index in [-0.39, 0.29) is 5.91 Å². The summed E-state index contributed by atoms with van der Waals surface area (Å²) in [4.78, 5) is 14.3. The smallest absolute Gasteiger partial charge is 0.257 e. The molecule has 0 bridgehead atoms. The van der Waals surface area contributed by atoms with Gasteiger partial charge in [-0.3, -0.25) is 4.79 Å². The standard InChI is InChI=1S/C15H17ClN4O/c1-11-9-19(6-5-17-11)15(21)12-8-18-20(10-12)14-4-2-3-13(16)7-14/h2-4,7-8,10-11,17H,5-6,9H2,1H3. The van der Waals surface area contributed by atoms with E-state index in [1.54, 1.807) is 17.1 Å². The molecule has 21 heavy (non-hydrogen) atoms. The van der Waals surface area contributed by atoms with Gasteiger partial charge in [0, 0.05) is 36.9 Å². The van der Waals surface area contributed by atoms with Crippen LogP contribution in [0.3, 0.4) is 0 Å². The lowest BCUT2D eigenvalue weighted by Crippen LogP contribution is -2.51. The van der Waals surface area contributed by atoms with Crippen LogP contribution < -0.4 is 5.32 Å². The quantitative estimate of drug-likeness (QED) is 0.923. The number of rotatable bonds is 2. The van der Waals surface area contributed by atoms with Gasteiger partial charge in [0.05, 0.1) is 17.4 Å². The molecule has 1 aliphatic rings. The molecule has 1 fully saturated rings. The Morgan fingerprint density at radius 1 is 1.48 bits per heavy atom. The summed E-state index contributed by atoms with van der Waals surface area (Å²) in [5, 5.41) is 8.23. The van der Waals surface area contributed by atoms with E-state index in [1.165, 1.54) is 0 Å². The summed E-state index contributed by atoms with van der Waals surface area (Å²) in [6.07, 6.45) is 3.36. The van der Waals surface area contributed by atoms with E-state index < -0.39 is 0 Å². The minimum Gasteiger partial charge on any atom is -0.336 e. The normalized spacial score (nSPS) is 18.8. The van der Waals surface area contributed by atoms with Crippen LogP contribution in [0.25, 0.3) is 5.69 Å². The summed E-state index contributed by atoms with van der Waals surface area (Å²) in [5.41, 5.74) is 1.44. The maximum atomic E-state index is 12.5. The van der Waals surface area contributed by atoms with Crippen molar-refractivity contribution in [2.75, 3.05) is 19.6 Å². The summed E-state index contributed by atoms with van der Waals surface area (Å²) < 4.78 is 1.67. The fourth-order valence-corrected chi connectivity index (χ4v) is 2.68. The van der Waals surface area contributed by atoms with Crippen molar-refractivity contribution < 1.29 is 4.79 Å². The molecule has 110 valence electrons.